The first-order chi connectivity index (χ1) is 14.2. The predicted octanol–water partition coefficient (Wildman–Crippen LogP) is 3.44. The number of carbonyl (C=O) groups excluding carboxylic acids is 1. The Balaban J connectivity index is 1.87. The minimum atomic E-state index is -4.59. The minimum absolute atomic E-state index is 0.0221. The standard InChI is InChI=1S/C21H22F3N5O/c1-13-12-29(17-6-7-27-19(9-17)20(30)26-3)14(2)11-28(13)16-5-4-15(10-25)18(8-16)21(22,23)24/h4-9,13-14H,11-12H2,1-3H3,(H,26,30)/t13-,14+/m0/s1. The number of alkyl halides is 3. The summed E-state index contributed by atoms with van der Waals surface area (Å²) >= 11 is 0. The van der Waals surface area contributed by atoms with Crippen molar-refractivity contribution in [3.8, 4) is 6.07 Å². The van der Waals surface area contributed by atoms with Crippen molar-refractivity contribution < 1.29 is 18.0 Å². The second-order valence-electron chi connectivity index (χ2n) is 7.32. The molecule has 3 rings (SSSR count). The summed E-state index contributed by atoms with van der Waals surface area (Å²) in [6.07, 6.45) is -3.02. The Morgan fingerprint density at radius 3 is 2.27 bits per heavy atom. The lowest BCUT2D eigenvalue weighted by atomic mass is 10.0. The molecule has 1 aliphatic rings. The molecule has 0 saturated carbocycles. The zero-order chi connectivity index (χ0) is 22.1. The molecule has 2 atom stereocenters. The van der Waals surface area contributed by atoms with Gasteiger partial charge in [-0.2, -0.15) is 18.4 Å². The zero-order valence-corrected chi connectivity index (χ0v) is 16.9. The number of nitrogens with one attached hydrogen (secondary N) is 1. The first-order valence-electron chi connectivity index (χ1n) is 9.48. The Morgan fingerprint density at radius 2 is 1.73 bits per heavy atom. The number of halogens is 3. The van der Waals surface area contributed by atoms with Crippen molar-refractivity contribution >= 4 is 17.3 Å². The average Bonchev–Trinajstić information content (AvgIpc) is 2.73. The lowest BCUT2D eigenvalue weighted by molar-refractivity contribution is -0.137. The second kappa shape index (κ2) is 8.22. The van der Waals surface area contributed by atoms with Gasteiger partial charge >= 0.3 is 6.18 Å². The Hall–Kier alpha value is -3.28. The maximum absolute atomic E-state index is 13.4. The van der Waals surface area contributed by atoms with E-state index in [0.29, 0.717) is 24.5 Å². The number of rotatable bonds is 3. The number of hydrogen-bond donors (Lipinski definition) is 1. The van der Waals surface area contributed by atoms with Gasteiger partial charge in [-0.3, -0.25) is 9.78 Å². The van der Waals surface area contributed by atoms with Gasteiger partial charge in [0.1, 0.15) is 5.69 Å². The van der Waals surface area contributed by atoms with Gasteiger partial charge < -0.3 is 15.1 Å². The Labute approximate surface area is 172 Å². The zero-order valence-electron chi connectivity index (χ0n) is 16.9. The maximum atomic E-state index is 13.4. The summed E-state index contributed by atoms with van der Waals surface area (Å²) in [7, 11) is 1.53. The molecule has 1 fully saturated rings. The predicted molar refractivity (Wildman–Crippen MR) is 107 cm³/mol. The molecule has 1 amide bonds. The first kappa shape index (κ1) is 21.4. The van der Waals surface area contributed by atoms with E-state index in [-0.39, 0.29) is 23.6 Å². The third kappa shape index (κ3) is 4.17. The number of pyridine rings is 1. The molecule has 1 aliphatic heterocycles. The van der Waals surface area contributed by atoms with Gasteiger partial charge in [0, 0.05) is 49.8 Å². The van der Waals surface area contributed by atoms with Gasteiger partial charge in [-0.1, -0.05) is 0 Å². The van der Waals surface area contributed by atoms with E-state index < -0.39 is 11.7 Å². The van der Waals surface area contributed by atoms with Gasteiger partial charge in [0.15, 0.2) is 0 Å². The van der Waals surface area contributed by atoms with E-state index in [2.05, 4.69) is 15.2 Å². The SMILES string of the molecule is CNC(=O)c1cc(N2C[C@H](C)N(c3ccc(C#N)c(C(F)(F)F)c3)C[C@H]2C)ccn1. The van der Waals surface area contributed by atoms with Crippen LogP contribution in [0.2, 0.25) is 0 Å². The second-order valence-corrected chi connectivity index (χ2v) is 7.32. The molecule has 158 valence electrons. The van der Waals surface area contributed by atoms with Crippen molar-refractivity contribution in [2.75, 3.05) is 29.9 Å². The topological polar surface area (TPSA) is 72.3 Å². The van der Waals surface area contributed by atoms with Crippen LogP contribution in [0.3, 0.4) is 0 Å². The summed E-state index contributed by atoms with van der Waals surface area (Å²) in [5.74, 6) is -0.284. The number of nitrogens with zero attached hydrogens (tertiary/aromatic N) is 4. The van der Waals surface area contributed by atoms with Crippen LogP contribution in [-0.2, 0) is 6.18 Å². The fraction of sp³-hybridized carbons (Fsp3) is 0.381. The third-order valence-corrected chi connectivity index (χ3v) is 5.28. The molecule has 2 aromatic rings. The van der Waals surface area contributed by atoms with Gasteiger partial charge in [0.05, 0.1) is 17.2 Å². The number of amides is 1. The van der Waals surface area contributed by atoms with E-state index in [1.165, 1.54) is 13.1 Å². The van der Waals surface area contributed by atoms with Gasteiger partial charge in [-0.25, -0.2) is 0 Å². The van der Waals surface area contributed by atoms with E-state index in [1.54, 1.807) is 24.4 Å². The van der Waals surface area contributed by atoms with Crippen LogP contribution < -0.4 is 15.1 Å². The molecule has 30 heavy (non-hydrogen) atoms. The highest BCUT2D eigenvalue weighted by Crippen LogP contribution is 2.36. The summed E-state index contributed by atoms with van der Waals surface area (Å²) in [5, 5.41) is 11.6. The smallest absolute Gasteiger partial charge is 0.365 e. The van der Waals surface area contributed by atoms with Crippen molar-refractivity contribution in [1.29, 1.82) is 5.26 Å². The van der Waals surface area contributed by atoms with E-state index in [4.69, 9.17) is 5.26 Å². The van der Waals surface area contributed by atoms with Crippen molar-refractivity contribution in [1.82, 2.24) is 10.3 Å². The number of piperazine rings is 1. The lowest BCUT2D eigenvalue weighted by Crippen LogP contribution is -2.57. The molecular formula is C21H22F3N5O. The molecule has 0 spiro atoms. The third-order valence-electron chi connectivity index (χ3n) is 5.28. The molecule has 6 nitrogen and oxygen atoms in total. The van der Waals surface area contributed by atoms with Gasteiger partial charge in [-0.05, 0) is 44.2 Å². The van der Waals surface area contributed by atoms with Crippen LogP contribution >= 0.6 is 0 Å². The monoisotopic (exact) mass is 417 g/mol. The van der Waals surface area contributed by atoms with E-state index >= 15 is 0 Å². The fourth-order valence-corrected chi connectivity index (χ4v) is 3.74. The number of hydrogen-bond acceptors (Lipinski definition) is 5. The molecule has 1 N–H and O–H groups in total. The van der Waals surface area contributed by atoms with Crippen LogP contribution in [0.1, 0.15) is 35.5 Å². The van der Waals surface area contributed by atoms with Gasteiger partial charge in [-0.15, -0.1) is 0 Å². The number of carbonyl (C=O) groups is 1. The molecule has 9 heteroatoms. The van der Waals surface area contributed by atoms with Crippen LogP contribution in [0.4, 0.5) is 24.5 Å². The highest BCUT2D eigenvalue weighted by Gasteiger charge is 2.36. The summed E-state index contributed by atoms with van der Waals surface area (Å²) < 4.78 is 40.1. The van der Waals surface area contributed by atoms with Crippen LogP contribution in [0.25, 0.3) is 0 Å². The van der Waals surface area contributed by atoms with E-state index in [1.807, 2.05) is 24.8 Å². The summed E-state index contributed by atoms with van der Waals surface area (Å²) in [6, 6.07) is 8.86. The highest BCUT2D eigenvalue weighted by atomic mass is 19.4. The molecule has 2 heterocycles. The quantitative estimate of drug-likeness (QED) is 0.829. The van der Waals surface area contributed by atoms with Crippen molar-refractivity contribution in [3.05, 3.63) is 53.3 Å². The number of benzene rings is 1. The highest BCUT2D eigenvalue weighted by molar-refractivity contribution is 5.92. The normalized spacial score (nSPS) is 19.4. The number of aromatic nitrogens is 1. The molecule has 0 radical (unpaired) electrons. The maximum Gasteiger partial charge on any atom is 0.417 e. The molecule has 0 aliphatic carbocycles. The van der Waals surface area contributed by atoms with E-state index in [0.717, 1.165) is 11.8 Å². The molecule has 0 bridgehead atoms. The van der Waals surface area contributed by atoms with Crippen LogP contribution in [0, 0.1) is 11.3 Å². The van der Waals surface area contributed by atoms with Crippen molar-refractivity contribution in [2.24, 2.45) is 0 Å². The Morgan fingerprint density at radius 1 is 1.13 bits per heavy atom. The van der Waals surface area contributed by atoms with Crippen LogP contribution in [0.5, 0.6) is 0 Å². The van der Waals surface area contributed by atoms with Crippen LogP contribution in [-0.4, -0.2) is 43.1 Å². The number of nitriles is 1. The summed E-state index contributed by atoms with van der Waals surface area (Å²) in [6.45, 7) is 4.96. The van der Waals surface area contributed by atoms with Crippen molar-refractivity contribution in [2.45, 2.75) is 32.1 Å². The van der Waals surface area contributed by atoms with Crippen molar-refractivity contribution in [3.63, 3.8) is 0 Å². The van der Waals surface area contributed by atoms with E-state index in [9.17, 15) is 18.0 Å². The number of anilines is 2. The Kier molecular flexibility index (Phi) is 5.87. The first-order valence-corrected chi connectivity index (χ1v) is 9.48. The molecule has 0 unspecified atom stereocenters. The minimum Gasteiger partial charge on any atom is -0.365 e. The largest absolute Gasteiger partial charge is 0.417 e. The van der Waals surface area contributed by atoms with Gasteiger partial charge in [0.25, 0.3) is 5.91 Å². The molecule has 1 aromatic heterocycles. The summed E-state index contributed by atoms with van der Waals surface area (Å²) in [4.78, 5) is 20.0. The molecular weight excluding hydrogens is 395 g/mol. The Bertz CT molecular complexity index is 985. The molecule has 1 aromatic carbocycles. The average molecular weight is 417 g/mol. The van der Waals surface area contributed by atoms with Gasteiger partial charge in [0.2, 0.25) is 0 Å². The molecule has 1 saturated heterocycles. The summed E-state index contributed by atoms with van der Waals surface area (Å²) in [5.41, 5.74) is 0.261. The fourth-order valence-electron chi connectivity index (χ4n) is 3.74. The van der Waals surface area contributed by atoms with Crippen LogP contribution in [0.15, 0.2) is 36.5 Å². The lowest BCUT2D eigenvalue weighted by Gasteiger charge is -2.46.